The van der Waals surface area contributed by atoms with Crippen LogP contribution in [0.2, 0.25) is 0 Å². The molecule has 3 N–H and O–H groups in total. The average Bonchev–Trinajstić information content (AvgIpc) is 3.15. The molecule has 2 amide bonds. The molecule has 1 aromatic heterocycles. The molecule has 7 heteroatoms. The molecule has 1 aromatic rings. The Kier molecular flexibility index (Phi) is 4.38. The molecule has 1 saturated carbocycles. The lowest BCUT2D eigenvalue weighted by molar-refractivity contribution is 0.193. The van der Waals surface area contributed by atoms with Crippen molar-refractivity contribution in [1.29, 1.82) is 0 Å². The van der Waals surface area contributed by atoms with Gasteiger partial charge in [0.1, 0.15) is 5.82 Å². The van der Waals surface area contributed by atoms with Gasteiger partial charge in [0.05, 0.1) is 19.2 Å². The molecule has 2 fully saturated rings. The molecule has 0 bridgehead atoms. The molecule has 0 aromatic carbocycles. The van der Waals surface area contributed by atoms with E-state index in [1.807, 2.05) is 4.68 Å². The zero-order valence-electron chi connectivity index (χ0n) is 12.3. The summed E-state index contributed by atoms with van der Waals surface area (Å²) in [5.41, 5.74) is 5.17. The van der Waals surface area contributed by atoms with Crippen LogP contribution in [0.25, 0.3) is 0 Å². The van der Waals surface area contributed by atoms with E-state index in [4.69, 9.17) is 15.6 Å². The van der Waals surface area contributed by atoms with E-state index in [-0.39, 0.29) is 5.92 Å². The number of urea groups is 1. The van der Waals surface area contributed by atoms with E-state index in [9.17, 15) is 4.79 Å². The maximum Gasteiger partial charge on any atom is 0.312 e. The standard InChI is InChI=1S/C14H23N5O2/c15-14(20)16-8-12-17-13(10-6-7-21-9-10)18-19(12)11-4-2-1-3-5-11/h10-11H,1-9H2,(H3,15,16,20). The maximum atomic E-state index is 11.0. The lowest BCUT2D eigenvalue weighted by atomic mass is 9.95. The SMILES string of the molecule is NC(=O)NCc1nc(C2CCOC2)nn1C1CCCCC1. The molecule has 2 heterocycles. The van der Waals surface area contributed by atoms with Crippen LogP contribution in [-0.2, 0) is 11.3 Å². The average molecular weight is 293 g/mol. The molecule has 2 aliphatic rings. The van der Waals surface area contributed by atoms with Crippen LogP contribution in [0, 0.1) is 0 Å². The van der Waals surface area contributed by atoms with Crippen LogP contribution in [0.15, 0.2) is 0 Å². The number of nitrogens with one attached hydrogen (secondary N) is 1. The van der Waals surface area contributed by atoms with Crippen LogP contribution in [0.5, 0.6) is 0 Å². The molecule has 21 heavy (non-hydrogen) atoms. The van der Waals surface area contributed by atoms with Crippen molar-refractivity contribution in [1.82, 2.24) is 20.1 Å². The van der Waals surface area contributed by atoms with Gasteiger partial charge >= 0.3 is 6.03 Å². The highest BCUT2D eigenvalue weighted by atomic mass is 16.5. The number of rotatable bonds is 4. The van der Waals surface area contributed by atoms with Crippen LogP contribution >= 0.6 is 0 Å². The molecule has 0 radical (unpaired) electrons. The number of hydrogen-bond donors (Lipinski definition) is 2. The van der Waals surface area contributed by atoms with Gasteiger partial charge in [-0.2, -0.15) is 5.10 Å². The highest BCUT2D eigenvalue weighted by Gasteiger charge is 2.26. The number of aromatic nitrogens is 3. The van der Waals surface area contributed by atoms with Crippen molar-refractivity contribution >= 4 is 6.03 Å². The second-order valence-electron chi connectivity index (χ2n) is 5.90. The van der Waals surface area contributed by atoms with Gasteiger partial charge in [0.15, 0.2) is 5.82 Å². The summed E-state index contributed by atoms with van der Waals surface area (Å²) in [5, 5.41) is 7.36. The first-order valence-electron chi connectivity index (χ1n) is 7.80. The quantitative estimate of drug-likeness (QED) is 0.878. The number of carbonyl (C=O) groups excluding carboxylic acids is 1. The fourth-order valence-corrected chi connectivity index (χ4v) is 3.19. The van der Waals surface area contributed by atoms with Crippen molar-refractivity contribution in [3.05, 3.63) is 11.6 Å². The Bertz CT molecular complexity index is 490. The maximum absolute atomic E-state index is 11.0. The summed E-state index contributed by atoms with van der Waals surface area (Å²) in [4.78, 5) is 15.6. The predicted octanol–water partition coefficient (Wildman–Crippen LogP) is 1.46. The minimum Gasteiger partial charge on any atom is -0.381 e. The van der Waals surface area contributed by atoms with E-state index in [0.29, 0.717) is 19.2 Å². The van der Waals surface area contributed by atoms with Crippen LogP contribution < -0.4 is 11.1 Å². The molecular formula is C14H23N5O2. The Labute approximate surface area is 124 Å². The third-order valence-corrected chi connectivity index (χ3v) is 4.35. The van der Waals surface area contributed by atoms with Crippen molar-refractivity contribution in [3.63, 3.8) is 0 Å². The van der Waals surface area contributed by atoms with Crippen molar-refractivity contribution in [2.45, 2.75) is 57.0 Å². The molecule has 1 atom stereocenters. The number of ether oxygens (including phenoxy) is 1. The third-order valence-electron chi connectivity index (χ3n) is 4.35. The highest BCUT2D eigenvalue weighted by molar-refractivity contribution is 5.71. The van der Waals surface area contributed by atoms with Gasteiger partial charge in [0, 0.05) is 12.5 Å². The fraction of sp³-hybridized carbons (Fsp3) is 0.786. The van der Waals surface area contributed by atoms with Gasteiger partial charge in [-0.1, -0.05) is 19.3 Å². The first-order valence-corrected chi connectivity index (χ1v) is 7.80. The monoisotopic (exact) mass is 293 g/mol. The van der Waals surface area contributed by atoms with Gasteiger partial charge < -0.3 is 15.8 Å². The molecule has 1 aliphatic heterocycles. The number of nitrogens with two attached hydrogens (primary N) is 1. The highest BCUT2D eigenvalue weighted by Crippen LogP contribution is 2.30. The molecule has 3 rings (SSSR count). The molecule has 1 saturated heterocycles. The van der Waals surface area contributed by atoms with Gasteiger partial charge in [-0.15, -0.1) is 0 Å². The fourth-order valence-electron chi connectivity index (χ4n) is 3.19. The summed E-state index contributed by atoms with van der Waals surface area (Å²) < 4.78 is 7.44. The van der Waals surface area contributed by atoms with E-state index < -0.39 is 6.03 Å². The summed E-state index contributed by atoms with van der Waals surface area (Å²) in [6.07, 6.45) is 6.99. The Morgan fingerprint density at radius 2 is 2.14 bits per heavy atom. The molecule has 1 aliphatic carbocycles. The minimum absolute atomic E-state index is 0.280. The van der Waals surface area contributed by atoms with Crippen LogP contribution in [0.4, 0.5) is 4.79 Å². The first-order chi connectivity index (χ1) is 10.2. The topological polar surface area (TPSA) is 95.1 Å². The van der Waals surface area contributed by atoms with Gasteiger partial charge in [0.2, 0.25) is 0 Å². The summed E-state index contributed by atoms with van der Waals surface area (Å²) in [6.45, 7) is 1.81. The molecule has 1 unspecified atom stereocenters. The molecule has 0 spiro atoms. The molecular weight excluding hydrogens is 270 g/mol. The van der Waals surface area contributed by atoms with Crippen molar-refractivity contribution in [3.8, 4) is 0 Å². The lowest BCUT2D eigenvalue weighted by Gasteiger charge is -2.23. The van der Waals surface area contributed by atoms with Crippen molar-refractivity contribution in [2.75, 3.05) is 13.2 Å². The van der Waals surface area contributed by atoms with E-state index in [1.165, 1.54) is 19.3 Å². The number of primary amides is 1. The lowest BCUT2D eigenvalue weighted by Crippen LogP contribution is -2.30. The van der Waals surface area contributed by atoms with Gasteiger partial charge in [-0.3, -0.25) is 0 Å². The summed E-state index contributed by atoms with van der Waals surface area (Å²) in [5.74, 6) is 1.93. The second kappa shape index (κ2) is 6.43. The number of carbonyl (C=O) groups is 1. The van der Waals surface area contributed by atoms with Gasteiger partial charge in [-0.25, -0.2) is 14.5 Å². The second-order valence-corrected chi connectivity index (χ2v) is 5.90. The zero-order chi connectivity index (χ0) is 14.7. The van der Waals surface area contributed by atoms with E-state index in [1.54, 1.807) is 0 Å². The van der Waals surface area contributed by atoms with E-state index >= 15 is 0 Å². The van der Waals surface area contributed by atoms with Crippen molar-refractivity contribution in [2.24, 2.45) is 5.73 Å². The normalized spacial score (nSPS) is 23.3. The van der Waals surface area contributed by atoms with Crippen LogP contribution in [0.3, 0.4) is 0 Å². The van der Waals surface area contributed by atoms with Crippen molar-refractivity contribution < 1.29 is 9.53 Å². The van der Waals surface area contributed by atoms with Gasteiger partial charge in [0.25, 0.3) is 0 Å². The Morgan fingerprint density at radius 1 is 1.33 bits per heavy atom. The summed E-state index contributed by atoms with van der Waals surface area (Å²) >= 11 is 0. The largest absolute Gasteiger partial charge is 0.381 e. The minimum atomic E-state index is -0.529. The summed E-state index contributed by atoms with van der Waals surface area (Å²) in [6, 6.07) is -0.133. The summed E-state index contributed by atoms with van der Waals surface area (Å²) in [7, 11) is 0. The van der Waals surface area contributed by atoms with E-state index in [0.717, 1.165) is 37.5 Å². The predicted molar refractivity (Wildman–Crippen MR) is 76.7 cm³/mol. The van der Waals surface area contributed by atoms with Gasteiger partial charge in [-0.05, 0) is 19.3 Å². The Balaban J connectivity index is 1.81. The number of hydrogen-bond acceptors (Lipinski definition) is 4. The Morgan fingerprint density at radius 3 is 2.81 bits per heavy atom. The molecule has 116 valence electrons. The first kappa shape index (κ1) is 14.3. The Hall–Kier alpha value is -1.63. The van der Waals surface area contributed by atoms with Crippen LogP contribution in [0.1, 0.15) is 62.1 Å². The molecule has 7 nitrogen and oxygen atoms in total. The third kappa shape index (κ3) is 3.34. The smallest absolute Gasteiger partial charge is 0.312 e. The number of amides is 2. The number of nitrogens with zero attached hydrogens (tertiary/aromatic N) is 3. The zero-order valence-corrected chi connectivity index (χ0v) is 12.3. The van der Waals surface area contributed by atoms with E-state index in [2.05, 4.69) is 10.3 Å². The van der Waals surface area contributed by atoms with Crippen LogP contribution in [-0.4, -0.2) is 34.0 Å².